The number of nitrogens with zero attached hydrogens (tertiary/aromatic N) is 1. The van der Waals surface area contributed by atoms with E-state index in [2.05, 4.69) is 10.3 Å². The molecule has 0 aliphatic heterocycles. The van der Waals surface area contributed by atoms with Crippen LogP contribution in [-0.4, -0.2) is 10.9 Å². The number of carbonyl (C=O) groups is 1. The summed E-state index contributed by atoms with van der Waals surface area (Å²) in [5.41, 5.74) is 2.73. The molecular weight excluding hydrogens is 272 g/mol. The molecule has 0 radical (unpaired) electrons. The first-order valence-electron chi connectivity index (χ1n) is 6.23. The molecule has 0 saturated carbocycles. The molecule has 1 heterocycles. The predicted octanol–water partition coefficient (Wildman–Crippen LogP) is 4.00. The standard InChI is InChI=1S/C16H15ClN2O/c1-11-9-12(2)18-15(10-11)19-16(20)8-7-13-5-3-4-6-14(13)17/h3-10H,1-2H3,(H,18,19,20). The van der Waals surface area contributed by atoms with Crippen molar-refractivity contribution in [2.45, 2.75) is 13.8 Å². The molecule has 1 aromatic heterocycles. The SMILES string of the molecule is Cc1cc(C)nc(NC(=O)C=Cc2ccccc2Cl)c1. The van der Waals surface area contributed by atoms with Crippen LogP contribution in [0.5, 0.6) is 0 Å². The Hall–Kier alpha value is -2.13. The van der Waals surface area contributed by atoms with Crippen molar-refractivity contribution < 1.29 is 4.79 Å². The van der Waals surface area contributed by atoms with Gasteiger partial charge in [-0.25, -0.2) is 4.98 Å². The van der Waals surface area contributed by atoms with E-state index in [1.807, 2.05) is 44.2 Å². The van der Waals surface area contributed by atoms with Crippen LogP contribution < -0.4 is 5.32 Å². The Balaban J connectivity index is 2.07. The molecule has 1 N–H and O–H groups in total. The van der Waals surface area contributed by atoms with Crippen molar-refractivity contribution >= 4 is 29.4 Å². The Kier molecular flexibility index (Phi) is 4.53. The number of carbonyl (C=O) groups excluding carboxylic acids is 1. The van der Waals surface area contributed by atoms with Gasteiger partial charge in [-0.2, -0.15) is 0 Å². The van der Waals surface area contributed by atoms with E-state index in [-0.39, 0.29) is 5.91 Å². The van der Waals surface area contributed by atoms with E-state index in [0.717, 1.165) is 16.8 Å². The summed E-state index contributed by atoms with van der Waals surface area (Å²) in [6.45, 7) is 3.85. The molecule has 0 aliphatic rings. The number of aromatic nitrogens is 1. The Labute approximate surface area is 123 Å². The summed E-state index contributed by atoms with van der Waals surface area (Å²) in [5.74, 6) is 0.318. The van der Waals surface area contributed by atoms with Crippen molar-refractivity contribution in [3.05, 3.63) is 64.3 Å². The molecule has 0 aliphatic carbocycles. The second kappa shape index (κ2) is 6.35. The molecule has 0 bridgehead atoms. The first kappa shape index (κ1) is 14.3. The van der Waals surface area contributed by atoms with Crippen molar-refractivity contribution in [1.82, 2.24) is 4.98 Å². The number of halogens is 1. The molecule has 1 amide bonds. The van der Waals surface area contributed by atoms with Gasteiger partial charge in [0.05, 0.1) is 0 Å². The predicted molar refractivity (Wildman–Crippen MR) is 82.8 cm³/mol. The fourth-order valence-electron chi connectivity index (χ4n) is 1.85. The molecule has 0 atom stereocenters. The first-order chi connectivity index (χ1) is 9.54. The van der Waals surface area contributed by atoms with Crippen LogP contribution in [-0.2, 0) is 4.79 Å². The zero-order valence-electron chi connectivity index (χ0n) is 11.4. The third kappa shape index (κ3) is 3.93. The highest BCUT2D eigenvalue weighted by atomic mass is 35.5. The summed E-state index contributed by atoms with van der Waals surface area (Å²) in [7, 11) is 0. The Morgan fingerprint density at radius 3 is 2.70 bits per heavy atom. The average molecular weight is 287 g/mol. The van der Waals surface area contributed by atoms with Gasteiger partial charge >= 0.3 is 0 Å². The quantitative estimate of drug-likeness (QED) is 0.867. The van der Waals surface area contributed by atoms with E-state index in [1.54, 1.807) is 12.1 Å². The van der Waals surface area contributed by atoms with Crippen LogP contribution >= 0.6 is 11.6 Å². The molecule has 2 rings (SSSR count). The van der Waals surface area contributed by atoms with Crippen molar-refractivity contribution in [3.63, 3.8) is 0 Å². The highest BCUT2D eigenvalue weighted by molar-refractivity contribution is 6.32. The maximum Gasteiger partial charge on any atom is 0.249 e. The third-order valence-corrected chi connectivity index (χ3v) is 3.01. The van der Waals surface area contributed by atoms with Crippen LogP contribution in [0.3, 0.4) is 0 Å². The van der Waals surface area contributed by atoms with E-state index in [1.165, 1.54) is 6.08 Å². The van der Waals surface area contributed by atoms with Crippen molar-refractivity contribution in [2.75, 3.05) is 5.32 Å². The molecule has 2 aromatic rings. The maximum atomic E-state index is 11.8. The van der Waals surface area contributed by atoms with Crippen LogP contribution in [0.25, 0.3) is 6.08 Å². The summed E-state index contributed by atoms with van der Waals surface area (Å²) in [6.07, 6.45) is 3.13. The van der Waals surface area contributed by atoms with Gasteiger partial charge in [0, 0.05) is 16.8 Å². The molecule has 0 spiro atoms. The maximum absolute atomic E-state index is 11.8. The summed E-state index contributed by atoms with van der Waals surface area (Å²) in [5, 5.41) is 3.35. The zero-order chi connectivity index (χ0) is 14.5. The van der Waals surface area contributed by atoms with Gasteiger partial charge in [0.25, 0.3) is 0 Å². The lowest BCUT2D eigenvalue weighted by atomic mass is 10.2. The minimum absolute atomic E-state index is 0.234. The van der Waals surface area contributed by atoms with E-state index >= 15 is 0 Å². The second-order valence-electron chi connectivity index (χ2n) is 4.52. The summed E-state index contributed by atoms with van der Waals surface area (Å²) < 4.78 is 0. The van der Waals surface area contributed by atoms with Gasteiger partial charge in [0.1, 0.15) is 5.82 Å². The summed E-state index contributed by atoms with van der Waals surface area (Å²) in [4.78, 5) is 16.1. The van der Waals surface area contributed by atoms with E-state index in [4.69, 9.17) is 11.6 Å². The van der Waals surface area contributed by atoms with Gasteiger partial charge in [-0.15, -0.1) is 0 Å². The van der Waals surface area contributed by atoms with Gasteiger partial charge < -0.3 is 5.32 Å². The van der Waals surface area contributed by atoms with Crippen LogP contribution in [0.15, 0.2) is 42.5 Å². The normalized spacial score (nSPS) is 10.8. The van der Waals surface area contributed by atoms with Crippen LogP contribution in [0.4, 0.5) is 5.82 Å². The third-order valence-electron chi connectivity index (χ3n) is 2.67. The molecular formula is C16H15ClN2O. The fraction of sp³-hybridized carbons (Fsp3) is 0.125. The van der Waals surface area contributed by atoms with Gasteiger partial charge in [0.15, 0.2) is 0 Å². The van der Waals surface area contributed by atoms with Gasteiger partial charge in [-0.05, 0) is 49.2 Å². The number of anilines is 1. The molecule has 20 heavy (non-hydrogen) atoms. The largest absolute Gasteiger partial charge is 0.307 e. The number of hydrogen-bond acceptors (Lipinski definition) is 2. The topological polar surface area (TPSA) is 42.0 Å². The van der Waals surface area contributed by atoms with Crippen molar-refractivity contribution in [1.29, 1.82) is 0 Å². The average Bonchev–Trinajstić information content (AvgIpc) is 2.36. The lowest BCUT2D eigenvalue weighted by Crippen LogP contribution is -2.09. The van der Waals surface area contributed by atoms with E-state index in [0.29, 0.717) is 10.8 Å². The molecule has 102 valence electrons. The minimum atomic E-state index is -0.234. The number of aryl methyl sites for hydroxylation is 2. The van der Waals surface area contributed by atoms with Crippen LogP contribution in [0, 0.1) is 13.8 Å². The number of hydrogen-bond donors (Lipinski definition) is 1. The lowest BCUT2D eigenvalue weighted by molar-refractivity contribution is -0.111. The highest BCUT2D eigenvalue weighted by Crippen LogP contribution is 2.16. The number of nitrogens with one attached hydrogen (secondary N) is 1. The Morgan fingerprint density at radius 2 is 2.00 bits per heavy atom. The Bertz CT molecular complexity index is 645. The van der Waals surface area contributed by atoms with Crippen LogP contribution in [0.1, 0.15) is 16.8 Å². The molecule has 1 aromatic carbocycles. The smallest absolute Gasteiger partial charge is 0.249 e. The van der Waals surface area contributed by atoms with Gasteiger partial charge in [-0.3, -0.25) is 4.79 Å². The van der Waals surface area contributed by atoms with Crippen molar-refractivity contribution in [3.8, 4) is 0 Å². The molecule has 0 unspecified atom stereocenters. The van der Waals surface area contributed by atoms with Crippen LogP contribution in [0.2, 0.25) is 5.02 Å². The number of pyridine rings is 1. The molecule has 0 saturated heterocycles. The molecule has 0 fully saturated rings. The van der Waals surface area contributed by atoms with Gasteiger partial charge in [0.2, 0.25) is 5.91 Å². The summed E-state index contributed by atoms with van der Waals surface area (Å²) in [6, 6.07) is 11.1. The van der Waals surface area contributed by atoms with E-state index in [9.17, 15) is 4.79 Å². The molecule has 4 heteroatoms. The van der Waals surface area contributed by atoms with Gasteiger partial charge in [-0.1, -0.05) is 29.8 Å². The monoisotopic (exact) mass is 286 g/mol. The first-order valence-corrected chi connectivity index (χ1v) is 6.61. The van der Waals surface area contributed by atoms with E-state index < -0.39 is 0 Å². The number of benzene rings is 1. The minimum Gasteiger partial charge on any atom is -0.307 e. The zero-order valence-corrected chi connectivity index (χ0v) is 12.1. The lowest BCUT2D eigenvalue weighted by Gasteiger charge is -2.04. The van der Waals surface area contributed by atoms with Crippen molar-refractivity contribution in [2.24, 2.45) is 0 Å². The number of amides is 1. The molecule has 3 nitrogen and oxygen atoms in total. The number of rotatable bonds is 3. The highest BCUT2D eigenvalue weighted by Gasteiger charge is 2.01. The summed E-state index contributed by atoms with van der Waals surface area (Å²) >= 11 is 6.01. The fourth-order valence-corrected chi connectivity index (χ4v) is 2.05. The Morgan fingerprint density at radius 1 is 1.25 bits per heavy atom. The second-order valence-corrected chi connectivity index (χ2v) is 4.92.